The van der Waals surface area contributed by atoms with Gasteiger partial charge in [-0.1, -0.05) is 12.1 Å². The number of benzene rings is 2. The third-order valence-corrected chi connectivity index (χ3v) is 6.41. The molecule has 0 unspecified atom stereocenters. The van der Waals surface area contributed by atoms with Crippen molar-refractivity contribution in [1.29, 1.82) is 0 Å². The number of methoxy groups -OCH3 is 2. The third kappa shape index (κ3) is 4.75. The molecule has 170 valence electrons. The van der Waals surface area contributed by atoms with Gasteiger partial charge in [-0.2, -0.15) is 0 Å². The monoisotopic (exact) mass is 435 g/mol. The highest BCUT2D eigenvalue weighted by molar-refractivity contribution is 5.99. The number of rotatable bonds is 7. The van der Waals surface area contributed by atoms with Crippen LogP contribution < -0.4 is 14.8 Å². The molecule has 1 fully saturated rings. The van der Waals surface area contributed by atoms with Crippen LogP contribution in [0.5, 0.6) is 11.5 Å². The summed E-state index contributed by atoms with van der Waals surface area (Å²) in [6, 6.07) is 16.6. The summed E-state index contributed by atoms with van der Waals surface area (Å²) in [4.78, 5) is 15.9. The Morgan fingerprint density at radius 2 is 1.75 bits per heavy atom. The van der Waals surface area contributed by atoms with E-state index < -0.39 is 0 Å². The van der Waals surface area contributed by atoms with Gasteiger partial charge in [0.15, 0.2) is 0 Å². The van der Waals surface area contributed by atoms with Crippen LogP contribution in [0.2, 0.25) is 0 Å². The Bertz CT molecular complexity index is 1080. The molecule has 2 aromatic carbocycles. The summed E-state index contributed by atoms with van der Waals surface area (Å²) in [5.74, 6) is 1.56. The van der Waals surface area contributed by atoms with Gasteiger partial charge in [-0.25, -0.2) is 0 Å². The Morgan fingerprint density at radius 3 is 2.44 bits per heavy atom. The minimum absolute atomic E-state index is 0.0222. The van der Waals surface area contributed by atoms with Gasteiger partial charge in [-0.3, -0.25) is 4.79 Å². The zero-order valence-corrected chi connectivity index (χ0v) is 19.4. The zero-order chi connectivity index (χ0) is 22.7. The maximum Gasteiger partial charge on any atom is 0.268 e. The van der Waals surface area contributed by atoms with E-state index >= 15 is 0 Å². The topological polar surface area (TPSA) is 55.7 Å². The molecule has 6 nitrogen and oxygen atoms in total. The summed E-state index contributed by atoms with van der Waals surface area (Å²) in [7, 11) is 3.33. The number of fused-ring (bicyclic) bond motifs is 1. The Morgan fingerprint density at radius 1 is 1.03 bits per heavy atom. The fourth-order valence-corrected chi connectivity index (χ4v) is 4.49. The molecule has 1 N–H and O–H groups in total. The minimum atomic E-state index is -0.0222. The SMILES string of the molecule is COc1cccc(Cn2c(C(=O)NC3CCN(C(C)C)CC3)cc3ccc(OC)cc32)c1. The van der Waals surface area contributed by atoms with Gasteiger partial charge in [-0.05, 0) is 62.6 Å². The highest BCUT2D eigenvalue weighted by Crippen LogP contribution is 2.27. The zero-order valence-electron chi connectivity index (χ0n) is 19.4. The van der Waals surface area contributed by atoms with Crippen LogP contribution in [-0.2, 0) is 6.54 Å². The van der Waals surface area contributed by atoms with E-state index in [1.54, 1.807) is 14.2 Å². The van der Waals surface area contributed by atoms with E-state index in [1.165, 1.54) is 0 Å². The molecule has 3 aromatic rings. The van der Waals surface area contributed by atoms with Crippen LogP contribution >= 0.6 is 0 Å². The van der Waals surface area contributed by atoms with E-state index in [4.69, 9.17) is 9.47 Å². The van der Waals surface area contributed by atoms with E-state index in [0.717, 1.165) is 53.9 Å². The van der Waals surface area contributed by atoms with Crippen LogP contribution in [0.1, 0.15) is 42.7 Å². The molecule has 1 saturated heterocycles. The molecule has 1 aliphatic rings. The Labute approximate surface area is 190 Å². The molecular formula is C26H33N3O3. The number of amides is 1. The smallest absolute Gasteiger partial charge is 0.268 e. The van der Waals surface area contributed by atoms with Crippen LogP contribution in [0.25, 0.3) is 10.9 Å². The molecule has 1 aromatic heterocycles. The fourth-order valence-electron chi connectivity index (χ4n) is 4.49. The molecule has 0 saturated carbocycles. The molecule has 1 aliphatic heterocycles. The summed E-state index contributed by atoms with van der Waals surface area (Å²) in [5, 5.41) is 4.31. The molecule has 0 spiro atoms. The lowest BCUT2D eigenvalue weighted by Gasteiger charge is -2.34. The van der Waals surface area contributed by atoms with Gasteiger partial charge in [0, 0.05) is 43.2 Å². The number of carbonyl (C=O) groups excluding carboxylic acids is 1. The molecular weight excluding hydrogens is 402 g/mol. The lowest BCUT2D eigenvalue weighted by molar-refractivity contribution is 0.0892. The largest absolute Gasteiger partial charge is 0.497 e. The second kappa shape index (κ2) is 9.65. The number of carbonyl (C=O) groups is 1. The van der Waals surface area contributed by atoms with Crippen molar-refractivity contribution in [3.8, 4) is 11.5 Å². The van der Waals surface area contributed by atoms with Crippen LogP contribution in [0.3, 0.4) is 0 Å². The number of ether oxygens (including phenoxy) is 2. The predicted octanol–water partition coefficient (Wildman–Crippen LogP) is 4.31. The first-order chi connectivity index (χ1) is 15.5. The molecule has 1 amide bonds. The molecule has 0 radical (unpaired) electrons. The second-order valence-electron chi connectivity index (χ2n) is 8.77. The van der Waals surface area contributed by atoms with Gasteiger partial charge in [-0.15, -0.1) is 0 Å². The average Bonchev–Trinajstić information content (AvgIpc) is 3.17. The first-order valence-corrected chi connectivity index (χ1v) is 11.3. The number of aromatic nitrogens is 1. The normalized spacial score (nSPS) is 15.3. The second-order valence-corrected chi connectivity index (χ2v) is 8.77. The molecule has 4 rings (SSSR count). The summed E-state index contributed by atoms with van der Waals surface area (Å²) in [5.41, 5.74) is 2.72. The first kappa shape index (κ1) is 22.2. The average molecular weight is 436 g/mol. The highest BCUT2D eigenvalue weighted by atomic mass is 16.5. The van der Waals surface area contributed by atoms with E-state index in [1.807, 2.05) is 42.5 Å². The lowest BCUT2D eigenvalue weighted by atomic mass is 10.0. The third-order valence-electron chi connectivity index (χ3n) is 6.41. The van der Waals surface area contributed by atoms with Crippen LogP contribution in [-0.4, -0.2) is 54.8 Å². The predicted molar refractivity (Wildman–Crippen MR) is 128 cm³/mol. The van der Waals surface area contributed by atoms with E-state index in [0.29, 0.717) is 18.3 Å². The van der Waals surface area contributed by atoms with E-state index in [-0.39, 0.29) is 11.9 Å². The highest BCUT2D eigenvalue weighted by Gasteiger charge is 2.24. The number of nitrogens with one attached hydrogen (secondary N) is 1. The Balaban J connectivity index is 1.62. The number of hydrogen-bond donors (Lipinski definition) is 1. The molecule has 2 heterocycles. The van der Waals surface area contributed by atoms with Crippen LogP contribution in [0.15, 0.2) is 48.5 Å². The van der Waals surface area contributed by atoms with Crippen molar-refractivity contribution in [2.45, 2.75) is 45.3 Å². The number of nitrogens with zero attached hydrogens (tertiary/aromatic N) is 2. The van der Waals surface area contributed by atoms with Crippen molar-refractivity contribution < 1.29 is 14.3 Å². The Kier molecular flexibility index (Phi) is 6.70. The van der Waals surface area contributed by atoms with Crippen molar-refractivity contribution in [3.63, 3.8) is 0 Å². The molecule has 0 atom stereocenters. The molecule has 32 heavy (non-hydrogen) atoms. The molecule has 0 bridgehead atoms. The van der Waals surface area contributed by atoms with Gasteiger partial charge in [0.05, 0.1) is 19.7 Å². The standard InChI is InChI=1S/C26H33N3O3/c1-18(2)28-12-10-21(11-13-28)27-26(30)25-15-20-8-9-23(32-4)16-24(20)29(25)17-19-6-5-7-22(14-19)31-3/h5-9,14-16,18,21H,10-13,17H2,1-4H3,(H,27,30). The summed E-state index contributed by atoms with van der Waals surface area (Å²) < 4.78 is 12.9. The van der Waals surface area contributed by atoms with Gasteiger partial charge in [0.2, 0.25) is 0 Å². The molecule has 0 aliphatic carbocycles. The van der Waals surface area contributed by atoms with Gasteiger partial charge < -0.3 is 24.3 Å². The minimum Gasteiger partial charge on any atom is -0.497 e. The van der Waals surface area contributed by atoms with Crippen molar-refractivity contribution >= 4 is 16.8 Å². The maximum absolute atomic E-state index is 13.4. The quantitative estimate of drug-likeness (QED) is 0.601. The first-order valence-electron chi connectivity index (χ1n) is 11.3. The van der Waals surface area contributed by atoms with Crippen molar-refractivity contribution in [2.75, 3.05) is 27.3 Å². The summed E-state index contributed by atoms with van der Waals surface area (Å²) in [6.45, 7) is 7.07. The summed E-state index contributed by atoms with van der Waals surface area (Å²) >= 11 is 0. The lowest BCUT2D eigenvalue weighted by Crippen LogP contribution is -2.46. The van der Waals surface area contributed by atoms with Crippen molar-refractivity contribution in [2.24, 2.45) is 0 Å². The summed E-state index contributed by atoms with van der Waals surface area (Å²) in [6.07, 6.45) is 1.96. The van der Waals surface area contributed by atoms with E-state index in [2.05, 4.69) is 34.7 Å². The van der Waals surface area contributed by atoms with Crippen LogP contribution in [0, 0.1) is 0 Å². The van der Waals surface area contributed by atoms with Gasteiger partial charge in [0.1, 0.15) is 17.2 Å². The maximum atomic E-state index is 13.4. The number of likely N-dealkylation sites (tertiary alicyclic amines) is 1. The van der Waals surface area contributed by atoms with Crippen LogP contribution in [0.4, 0.5) is 0 Å². The van der Waals surface area contributed by atoms with Gasteiger partial charge >= 0.3 is 0 Å². The number of piperidine rings is 1. The Hall–Kier alpha value is -2.99. The molecule has 6 heteroatoms. The fraction of sp³-hybridized carbons (Fsp3) is 0.423. The van der Waals surface area contributed by atoms with Crippen molar-refractivity contribution in [3.05, 3.63) is 59.8 Å². The van der Waals surface area contributed by atoms with Crippen molar-refractivity contribution in [1.82, 2.24) is 14.8 Å². The van der Waals surface area contributed by atoms with E-state index in [9.17, 15) is 4.79 Å². The number of hydrogen-bond acceptors (Lipinski definition) is 4. The van der Waals surface area contributed by atoms with Gasteiger partial charge in [0.25, 0.3) is 5.91 Å².